The number of nitrogens with zero attached hydrogens (tertiary/aromatic N) is 2. The third kappa shape index (κ3) is 3.06. The molecule has 0 spiro atoms. The van der Waals surface area contributed by atoms with Crippen LogP contribution in [0.25, 0.3) is 0 Å². The van der Waals surface area contributed by atoms with Crippen molar-refractivity contribution < 1.29 is 4.42 Å². The Labute approximate surface area is 98.6 Å². The molecule has 16 heavy (non-hydrogen) atoms. The summed E-state index contributed by atoms with van der Waals surface area (Å²) in [6.07, 6.45) is 1.05. The van der Waals surface area contributed by atoms with Crippen molar-refractivity contribution in [3.8, 4) is 0 Å². The minimum Gasteiger partial charge on any atom is -0.424 e. The molecule has 0 fully saturated rings. The van der Waals surface area contributed by atoms with Crippen LogP contribution in [0, 0.1) is 5.92 Å². The monoisotopic (exact) mass is 224 g/mol. The molecule has 3 heteroatoms. The average Bonchev–Trinajstić information content (AvgIpc) is 2.47. The third-order valence-electron chi connectivity index (χ3n) is 2.56. The molecule has 0 atom stereocenters. The van der Waals surface area contributed by atoms with Gasteiger partial charge in [0.05, 0.1) is 0 Å². The lowest BCUT2D eigenvalue weighted by atomic mass is 9.84. The summed E-state index contributed by atoms with van der Waals surface area (Å²) in [6.45, 7) is 15.0. The highest BCUT2D eigenvalue weighted by atomic mass is 16.4. The summed E-state index contributed by atoms with van der Waals surface area (Å²) in [7, 11) is 0. The molecule has 0 aliphatic heterocycles. The van der Waals surface area contributed by atoms with E-state index in [1.54, 1.807) is 0 Å². The van der Waals surface area contributed by atoms with E-state index in [4.69, 9.17) is 4.42 Å². The van der Waals surface area contributed by atoms with Crippen LogP contribution in [-0.4, -0.2) is 10.2 Å². The van der Waals surface area contributed by atoms with Crippen molar-refractivity contribution in [3.05, 3.63) is 11.8 Å². The standard InChI is InChI=1S/C13H24N2O/c1-9(2)8-13(6,7)11-15-14-10(16-11)12(3,4)5/h9H,8H2,1-7H3. The predicted octanol–water partition coefficient (Wildman–Crippen LogP) is 3.69. The molecule has 1 aromatic rings. The molecule has 0 aromatic carbocycles. The van der Waals surface area contributed by atoms with Crippen molar-refractivity contribution in [2.24, 2.45) is 5.92 Å². The minimum absolute atomic E-state index is 0.0370. The highest BCUT2D eigenvalue weighted by molar-refractivity contribution is 5.03. The Morgan fingerprint density at radius 1 is 1.00 bits per heavy atom. The van der Waals surface area contributed by atoms with Crippen LogP contribution in [0.3, 0.4) is 0 Å². The molecule has 0 N–H and O–H groups in total. The molecule has 92 valence electrons. The lowest BCUT2D eigenvalue weighted by Crippen LogP contribution is -2.20. The first-order valence-electron chi connectivity index (χ1n) is 5.97. The highest BCUT2D eigenvalue weighted by Crippen LogP contribution is 2.31. The maximum atomic E-state index is 5.79. The van der Waals surface area contributed by atoms with E-state index in [0.717, 1.165) is 18.2 Å². The molecule has 0 aliphatic rings. The first-order chi connectivity index (χ1) is 7.13. The first kappa shape index (κ1) is 13.2. The van der Waals surface area contributed by atoms with Gasteiger partial charge in [-0.3, -0.25) is 0 Å². The number of hydrogen-bond acceptors (Lipinski definition) is 3. The summed E-state index contributed by atoms with van der Waals surface area (Å²) < 4.78 is 5.79. The zero-order valence-corrected chi connectivity index (χ0v) is 11.6. The summed E-state index contributed by atoms with van der Waals surface area (Å²) in [5.74, 6) is 2.10. The molecular weight excluding hydrogens is 200 g/mol. The minimum atomic E-state index is -0.0703. The van der Waals surface area contributed by atoms with Crippen molar-refractivity contribution in [1.82, 2.24) is 10.2 Å². The van der Waals surface area contributed by atoms with Gasteiger partial charge < -0.3 is 4.42 Å². The fourth-order valence-corrected chi connectivity index (χ4v) is 1.91. The Kier molecular flexibility index (Phi) is 3.46. The molecule has 3 nitrogen and oxygen atoms in total. The Morgan fingerprint density at radius 3 is 1.88 bits per heavy atom. The second-order valence-electron chi connectivity index (χ2n) is 6.64. The van der Waals surface area contributed by atoms with Crippen molar-refractivity contribution in [2.75, 3.05) is 0 Å². The van der Waals surface area contributed by atoms with Crippen LogP contribution in [0.15, 0.2) is 4.42 Å². The van der Waals surface area contributed by atoms with Gasteiger partial charge >= 0.3 is 0 Å². The molecule has 0 amide bonds. The summed E-state index contributed by atoms with van der Waals surface area (Å²) in [5, 5.41) is 8.34. The van der Waals surface area contributed by atoms with Crippen molar-refractivity contribution in [3.63, 3.8) is 0 Å². The maximum absolute atomic E-state index is 5.79. The molecule has 0 saturated carbocycles. The van der Waals surface area contributed by atoms with Gasteiger partial charge in [0.15, 0.2) is 0 Å². The van der Waals surface area contributed by atoms with E-state index in [2.05, 4.69) is 58.7 Å². The zero-order chi connectivity index (χ0) is 12.6. The van der Waals surface area contributed by atoms with E-state index in [-0.39, 0.29) is 10.8 Å². The van der Waals surface area contributed by atoms with Crippen LogP contribution in [0.2, 0.25) is 0 Å². The van der Waals surface area contributed by atoms with E-state index in [1.165, 1.54) is 0 Å². The van der Waals surface area contributed by atoms with Crippen LogP contribution in [0.4, 0.5) is 0 Å². The molecule has 0 aliphatic carbocycles. The van der Waals surface area contributed by atoms with Crippen molar-refractivity contribution >= 4 is 0 Å². The summed E-state index contributed by atoms with van der Waals surface area (Å²) in [4.78, 5) is 0. The summed E-state index contributed by atoms with van der Waals surface area (Å²) in [5.41, 5.74) is -0.107. The largest absolute Gasteiger partial charge is 0.424 e. The normalized spacial score (nSPS) is 13.5. The van der Waals surface area contributed by atoms with E-state index >= 15 is 0 Å². The predicted molar refractivity (Wildman–Crippen MR) is 65.5 cm³/mol. The molecule has 0 unspecified atom stereocenters. The molecule has 0 bridgehead atoms. The van der Waals surface area contributed by atoms with Crippen LogP contribution >= 0.6 is 0 Å². The van der Waals surface area contributed by atoms with Gasteiger partial charge in [0.1, 0.15) is 0 Å². The molecule has 1 rings (SSSR count). The fraction of sp³-hybridized carbons (Fsp3) is 0.846. The van der Waals surface area contributed by atoms with Gasteiger partial charge in [-0.2, -0.15) is 0 Å². The van der Waals surface area contributed by atoms with E-state index in [0.29, 0.717) is 5.92 Å². The van der Waals surface area contributed by atoms with Crippen LogP contribution in [-0.2, 0) is 10.8 Å². The topological polar surface area (TPSA) is 38.9 Å². The lowest BCUT2D eigenvalue weighted by Gasteiger charge is -2.22. The molecule has 1 aromatic heterocycles. The van der Waals surface area contributed by atoms with E-state index < -0.39 is 0 Å². The molecule has 0 saturated heterocycles. The number of rotatable bonds is 3. The number of aromatic nitrogens is 2. The number of hydrogen-bond donors (Lipinski definition) is 0. The third-order valence-corrected chi connectivity index (χ3v) is 2.56. The maximum Gasteiger partial charge on any atom is 0.222 e. The first-order valence-corrected chi connectivity index (χ1v) is 5.97. The van der Waals surface area contributed by atoms with Gasteiger partial charge in [-0.25, -0.2) is 0 Å². The van der Waals surface area contributed by atoms with Crippen LogP contribution < -0.4 is 0 Å². The smallest absolute Gasteiger partial charge is 0.222 e. The van der Waals surface area contributed by atoms with E-state index in [9.17, 15) is 0 Å². The molecule has 1 heterocycles. The van der Waals surface area contributed by atoms with Gasteiger partial charge in [0.2, 0.25) is 11.8 Å². The second kappa shape index (κ2) is 4.19. The lowest BCUT2D eigenvalue weighted by molar-refractivity contribution is 0.287. The average molecular weight is 224 g/mol. The zero-order valence-electron chi connectivity index (χ0n) is 11.6. The molecular formula is C13H24N2O. The van der Waals surface area contributed by atoms with Gasteiger partial charge in [-0.1, -0.05) is 48.5 Å². The van der Waals surface area contributed by atoms with Gasteiger partial charge in [0, 0.05) is 10.8 Å². The van der Waals surface area contributed by atoms with Crippen molar-refractivity contribution in [1.29, 1.82) is 0 Å². The van der Waals surface area contributed by atoms with Gasteiger partial charge in [0.25, 0.3) is 0 Å². The Balaban J connectivity index is 2.93. The highest BCUT2D eigenvalue weighted by Gasteiger charge is 2.30. The summed E-state index contributed by atoms with van der Waals surface area (Å²) in [6, 6.07) is 0. The van der Waals surface area contributed by atoms with Crippen molar-refractivity contribution in [2.45, 2.75) is 65.7 Å². The quantitative estimate of drug-likeness (QED) is 0.786. The molecule has 0 radical (unpaired) electrons. The Bertz CT molecular complexity index is 345. The van der Waals surface area contributed by atoms with Gasteiger partial charge in [-0.05, 0) is 12.3 Å². The second-order valence-corrected chi connectivity index (χ2v) is 6.64. The van der Waals surface area contributed by atoms with Gasteiger partial charge in [-0.15, -0.1) is 10.2 Å². The SMILES string of the molecule is CC(C)CC(C)(C)c1nnc(C(C)(C)C)o1. The Morgan fingerprint density at radius 2 is 1.50 bits per heavy atom. The van der Waals surface area contributed by atoms with E-state index in [1.807, 2.05) is 0 Å². The Hall–Kier alpha value is -0.860. The van der Waals surface area contributed by atoms with Crippen LogP contribution in [0.1, 0.15) is 66.7 Å². The van der Waals surface area contributed by atoms with Crippen LogP contribution in [0.5, 0.6) is 0 Å². The fourth-order valence-electron chi connectivity index (χ4n) is 1.91. The summed E-state index contributed by atoms with van der Waals surface area (Å²) >= 11 is 0.